The van der Waals surface area contributed by atoms with E-state index in [1.807, 2.05) is 35.8 Å². The molecule has 0 unspecified atom stereocenters. The Hall–Kier alpha value is -3.08. The van der Waals surface area contributed by atoms with E-state index in [0.29, 0.717) is 6.54 Å². The third-order valence-electron chi connectivity index (χ3n) is 5.01. The second-order valence-corrected chi connectivity index (χ2v) is 6.77. The fourth-order valence-corrected chi connectivity index (χ4v) is 3.41. The number of amides is 1. The smallest absolute Gasteiger partial charge is 0.240 e. The molecule has 2 aromatic carbocycles. The number of aryl methyl sites for hydroxylation is 3. The monoisotopic (exact) mass is 346 g/mol. The lowest BCUT2D eigenvalue weighted by atomic mass is 10.1. The lowest BCUT2D eigenvalue weighted by Gasteiger charge is -2.09. The molecule has 2 N–H and O–H groups in total. The number of H-pyrrole nitrogens is 1. The van der Waals surface area contributed by atoms with Crippen molar-refractivity contribution in [2.45, 2.75) is 33.9 Å². The fraction of sp³-hybridized carbons (Fsp3) is 0.238. The summed E-state index contributed by atoms with van der Waals surface area (Å²) in [5, 5.41) is 4.24. The number of para-hydroxylation sites is 2. The van der Waals surface area contributed by atoms with Gasteiger partial charge in [0.2, 0.25) is 5.91 Å². The minimum Gasteiger partial charge on any atom is -0.358 e. The van der Waals surface area contributed by atoms with Crippen molar-refractivity contribution >= 4 is 27.8 Å². The number of nitrogens with zero attached hydrogens (tertiary/aromatic N) is 2. The molecular weight excluding hydrogens is 324 g/mol. The van der Waals surface area contributed by atoms with Crippen LogP contribution in [0.5, 0.6) is 0 Å². The van der Waals surface area contributed by atoms with Gasteiger partial charge in [-0.25, -0.2) is 4.98 Å². The number of aromatic amines is 1. The van der Waals surface area contributed by atoms with Gasteiger partial charge >= 0.3 is 0 Å². The summed E-state index contributed by atoms with van der Waals surface area (Å²) in [7, 11) is 0. The van der Waals surface area contributed by atoms with E-state index in [4.69, 9.17) is 0 Å². The summed E-state index contributed by atoms with van der Waals surface area (Å²) in [6.45, 7) is 6.91. The first-order chi connectivity index (χ1) is 12.5. The van der Waals surface area contributed by atoms with Crippen LogP contribution in [-0.4, -0.2) is 20.4 Å². The highest BCUT2D eigenvalue weighted by molar-refractivity contribution is 5.85. The molecule has 0 atom stereocenters. The third-order valence-corrected chi connectivity index (χ3v) is 5.01. The van der Waals surface area contributed by atoms with Crippen LogP contribution in [0.4, 0.5) is 0 Å². The number of fused-ring (bicyclic) bond motifs is 2. The molecule has 4 rings (SSSR count). The maximum atomic E-state index is 12.4. The molecule has 2 heterocycles. The van der Waals surface area contributed by atoms with E-state index in [9.17, 15) is 4.79 Å². The molecule has 0 saturated heterocycles. The Morgan fingerprint density at radius 1 is 1.15 bits per heavy atom. The first-order valence-corrected chi connectivity index (χ1v) is 8.79. The summed E-state index contributed by atoms with van der Waals surface area (Å²) in [4.78, 5) is 20.3. The summed E-state index contributed by atoms with van der Waals surface area (Å²) in [6.07, 6.45) is 0. The maximum Gasteiger partial charge on any atom is 0.240 e. The van der Waals surface area contributed by atoms with Gasteiger partial charge in [0.25, 0.3) is 0 Å². The topological polar surface area (TPSA) is 62.7 Å². The Balaban J connectivity index is 1.48. The molecule has 0 aliphatic carbocycles. The number of rotatable bonds is 4. The Bertz CT molecular complexity index is 1120. The van der Waals surface area contributed by atoms with Crippen LogP contribution < -0.4 is 5.32 Å². The van der Waals surface area contributed by atoms with E-state index in [2.05, 4.69) is 47.3 Å². The van der Waals surface area contributed by atoms with Crippen molar-refractivity contribution < 1.29 is 4.79 Å². The van der Waals surface area contributed by atoms with E-state index in [0.717, 1.165) is 27.9 Å². The van der Waals surface area contributed by atoms with Gasteiger partial charge in [-0.2, -0.15) is 0 Å². The van der Waals surface area contributed by atoms with Gasteiger partial charge in [0.15, 0.2) is 0 Å². The molecule has 4 aromatic rings. The van der Waals surface area contributed by atoms with Crippen LogP contribution in [0.15, 0.2) is 42.5 Å². The van der Waals surface area contributed by atoms with Gasteiger partial charge in [-0.1, -0.05) is 18.2 Å². The minimum absolute atomic E-state index is 0.0154. The predicted octanol–water partition coefficient (Wildman–Crippen LogP) is 3.76. The summed E-state index contributed by atoms with van der Waals surface area (Å²) < 4.78 is 1.95. The zero-order valence-electron chi connectivity index (χ0n) is 15.3. The molecular formula is C21H22N4O. The quantitative estimate of drug-likeness (QED) is 0.591. The molecule has 0 spiro atoms. The van der Waals surface area contributed by atoms with E-state index in [-0.39, 0.29) is 12.5 Å². The van der Waals surface area contributed by atoms with Gasteiger partial charge in [-0.05, 0) is 56.2 Å². The number of nitrogens with one attached hydrogen (secondary N) is 2. The fourth-order valence-electron chi connectivity index (χ4n) is 3.41. The van der Waals surface area contributed by atoms with Gasteiger partial charge in [0, 0.05) is 23.1 Å². The van der Waals surface area contributed by atoms with E-state index < -0.39 is 0 Å². The average molecular weight is 346 g/mol. The molecule has 0 saturated carbocycles. The normalized spacial score (nSPS) is 11.3. The molecule has 2 aromatic heterocycles. The van der Waals surface area contributed by atoms with Gasteiger partial charge in [-0.15, -0.1) is 0 Å². The zero-order valence-corrected chi connectivity index (χ0v) is 15.3. The van der Waals surface area contributed by atoms with Crippen molar-refractivity contribution in [1.82, 2.24) is 19.9 Å². The summed E-state index contributed by atoms with van der Waals surface area (Å²) in [6, 6.07) is 14.2. The molecule has 0 radical (unpaired) electrons. The number of carbonyl (C=O) groups is 1. The summed E-state index contributed by atoms with van der Waals surface area (Å²) >= 11 is 0. The lowest BCUT2D eigenvalue weighted by Crippen LogP contribution is -2.27. The minimum atomic E-state index is -0.0154. The third kappa shape index (κ3) is 2.86. The van der Waals surface area contributed by atoms with Crippen molar-refractivity contribution in [1.29, 1.82) is 0 Å². The van der Waals surface area contributed by atoms with Crippen LogP contribution in [-0.2, 0) is 17.9 Å². The molecule has 5 nitrogen and oxygen atoms in total. The molecule has 5 heteroatoms. The first kappa shape index (κ1) is 16.4. The van der Waals surface area contributed by atoms with Crippen LogP contribution in [0, 0.1) is 20.8 Å². The van der Waals surface area contributed by atoms with Gasteiger partial charge < -0.3 is 14.9 Å². The molecule has 0 aliphatic heterocycles. The largest absolute Gasteiger partial charge is 0.358 e. The highest BCUT2D eigenvalue weighted by Gasteiger charge is 2.11. The molecule has 1 amide bonds. The van der Waals surface area contributed by atoms with Crippen LogP contribution in [0.1, 0.15) is 22.6 Å². The van der Waals surface area contributed by atoms with Crippen LogP contribution in [0.3, 0.4) is 0 Å². The Kier molecular flexibility index (Phi) is 3.99. The van der Waals surface area contributed by atoms with Gasteiger partial charge in [0.05, 0.1) is 11.0 Å². The first-order valence-electron chi connectivity index (χ1n) is 8.79. The Morgan fingerprint density at radius 3 is 2.81 bits per heavy atom. The predicted molar refractivity (Wildman–Crippen MR) is 104 cm³/mol. The zero-order chi connectivity index (χ0) is 18.3. The number of carbonyl (C=O) groups excluding carboxylic acids is 1. The van der Waals surface area contributed by atoms with Crippen LogP contribution in [0.25, 0.3) is 21.9 Å². The van der Waals surface area contributed by atoms with Crippen molar-refractivity contribution in [3.05, 3.63) is 65.1 Å². The Morgan fingerprint density at radius 2 is 1.96 bits per heavy atom. The highest BCUT2D eigenvalue weighted by atomic mass is 16.1. The molecule has 0 aliphatic rings. The van der Waals surface area contributed by atoms with Gasteiger partial charge in [0.1, 0.15) is 12.4 Å². The van der Waals surface area contributed by atoms with Crippen molar-refractivity contribution in [3.8, 4) is 0 Å². The average Bonchev–Trinajstić information content (AvgIpc) is 3.10. The van der Waals surface area contributed by atoms with Crippen molar-refractivity contribution in [3.63, 3.8) is 0 Å². The number of imidazole rings is 1. The number of aromatic nitrogens is 3. The molecule has 26 heavy (non-hydrogen) atoms. The number of hydrogen-bond acceptors (Lipinski definition) is 2. The number of benzene rings is 2. The van der Waals surface area contributed by atoms with E-state index >= 15 is 0 Å². The summed E-state index contributed by atoms with van der Waals surface area (Å²) in [5.41, 5.74) is 6.58. The highest BCUT2D eigenvalue weighted by Crippen LogP contribution is 2.22. The maximum absolute atomic E-state index is 12.4. The van der Waals surface area contributed by atoms with Gasteiger partial charge in [-0.3, -0.25) is 4.79 Å². The second-order valence-electron chi connectivity index (χ2n) is 6.77. The Labute approximate surface area is 152 Å². The standard InChI is InChI=1S/C21H22N4O/c1-13-14(2)23-18-9-8-16(10-17(13)18)11-22-21(26)12-25-15(3)24-19-6-4-5-7-20(19)25/h4-10,23H,11-12H2,1-3H3,(H,22,26). The molecule has 132 valence electrons. The SMILES string of the molecule is Cc1[nH]c2ccc(CNC(=O)Cn3c(C)nc4ccccc43)cc2c1C. The van der Waals surface area contributed by atoms with Crippen LogP contribution >= 0.6 is 0 Å². The van der Waals surface area contributed by atoms with E-state index in [1.165, 1.54) is 16.6 Å². The van der Waals surface area contributed by atoms with E-state index in [1.54, 1.807) is 0 Å². The second kappa shape index (κ2) is 6.33. The van der Waals surface area contributed by atoms with Crippen LogP contribution in [0.2, 0.25) is 0 Å². The van der Waals surface area contributed by atoms with Crippen molar-refractivity contribution in [2.75, 3.05) is 0 Å². The molecule has 0 fully saturated rings. The van der Waals surface area contributed by atoms with Crippen molar-refractivity contribution in [2.24, 2.45) is 0 Å². The number of hydrogen-bond donors (Lipinski definition) is 2. The summed E-state index contributed by atoms with van der Waals surface area (Å²) in [5.74, 6) is 0.833. The molecule has 0 bridgehead atoms. The lowest BCUT2D eigenvalue weighted by molar-refractivity contribution is -0.121.